The highest BCUT2D eigenvalue weighted by atomic mass is 16.3. The summed E-state index contributed by atoms with van der Waals surface area (Å²) in [6, 6.07) is 0. The normalized spacial score (nSPS) is 21.2. The standard InChI is InChI=1S/C11H25NO/c1-6-10(5,8-12)11(13,7-2)9(3)4/h9,13H,6-8,12H2,1-5H3. The highest BCUT2D eigenvalue weighted by Crippen LogP contribution is 2.41. The first-order valence-corrected chi connectivity index (χ1v) is 5.30. The highest BCUT2D eigenvalue weighted by Gasteiger charge is 2.45. The molecule has 0 saturated carbocycles. The second-order valence-corrected chi connectivity index (χ2v) is 4.55. The van der Waals surface area contributed by atoms with Crippen LogP contribution in [0.4, 0.5) is 0 Å². The van der Waals surface area contributed by atoms with E-state index < -0.39 is 5.60 Å². The SMILES string of the molecule is CCC(C)(CN)C(O)(CC)C(C)C. The molecule has 0 rings (SSSR count). The average molecular weight is 187 g/mol. The maximum Gasteiger partial charge on any atom is 0.0733 e. The molecule has 0 aromatic rings. The van der Waals surface area contributed by atoms with Crippen molar-refractivity contribution in [3.63, 3.8) is 0 Å². The van der Waals surface area contributed by atoms with Gasteiger partial charge in [-0.15, -0.1) is 0 Å². The van der Waals surface area contributed by atoms with E-state index in [9.17, 15) is 5.11 Å². The Balaban J connectivity index is 4.91. The summed E-state index contributed by atoms with van der Waals surface area (Å²) in [6.07, 6.45) is 1.69. The summed E-state index contributed by atoms with van der Waals surface area (Å²) >= 11 is 0. The minimum Gasteiger partial charge on any atom is -0.389 e. The second-order valence-electron chi connectivity index (χ2n) is 4.55. The molecule has 0 aromatic carbocycles. The van der Waals surface area contributed by atoms with E-state index in [4.69, 9.17) is 5.73 Å². The molecule has 0 aliphatic rings. The van der Waals surface area contributed by atoms with Gasteiger partial charge in [-0.05, 0) is 18.8 Å². The first-order valence-electron chi connectivity index (χ1n) is 5.30. The van der Waals surface area contributed by atoms with Gasteiger partial charge in [0.05, 0.1) is 5.60 Å². The predicted octanol–water partition coefficient (Wildman–Crippen LogP) is 2.16. The van der Waals surface area contributed by atoms with Gasteiger partial charge in [0.25, 0.3) is 0 Å². The largest absolute Gasteiger partial charge is 0.389 e. The van der Waals surface area contributed by atoms with Crippen molar-refractivity contribution in [3.8, 4) is 0 Å². The lowest BCUT2D eigenvalue weighted by Crippen LogP contribution is -2.53. The van der Waals surface area contributed by atoms with Crippen LogP contribution < -0.4 is 5.73 Å². The van der Waals surface area contributed by atoms with Crippen LogP contribution in [-0.4, -0.2) is 17.3 Å². The minimum absolute atomic E-state index is 0.157. The highest BCUT2D eigenvalue weighted by molar-refractivity contribution is 4.97. The van der Waals surface area contributed by atoms with Crippen LogP contribution in [0.2, 0.25) is 0 Å². The van der Waals surface area contributed by atoms with Gasteiger partial charge in [-0.3, -0.25) is 0 Å². The molecule has 0 spiro atoms. The van der Waals surface area contributed by atoms with Gasteiger partial charge in [-0.2, -0.15) is 0 Å². The van der Waals surface area contributed by atoms with Crippen molar-refractivity contribution >= 4 is 0 Å². The first-order chi connectivity index (χ1) is 5.88. The molecule has 3 N–H and O–H groups in total. The van der Waals surface area contributed by atoms with E-state index in [1.54, 1.807) is 0 Å². The molecule has 2 heteroatoms. The zero-order valence-corrected chi connectivity index (χ0v) is 9.72. The van der Waals surface area contributed by atoms with Crippen molar-refractivity contribution in [2.45, 2.75) is 53.1 Å². The lowest BCUT2D eigenvalue weighted by atomic mass is 9.65. The van der Waals surface area contributed by atoms with Gasteiger partial charge in [0.2, 0.25) is 0 Å². The van der Waals surface area contributed by atoms with Crippen LogP contribution in [0.15, 0.2) is 0 Å². The Hall–Kier alpha value is -0.0800. The molecule has 2 unspecified atom stereocenters. The summed E-state index contributed by atoms with van der Waals surface area (Å²) in [5.74, 6) is 0.256. The smallest absolute Gasteiger partial charge is 0.0733 e. The van der Waals surface area contributed by atoms with Crippen LogP contribution in [0.1, 0.15) is 47.5 Å². The molecule has 80 valence electrons. The molecule has 2 atom stereocenters. The van der Waals surface area contributed by atoms with Crippen LogP contribution in [0, 0.1) is 11.3 Å². The van der Waals surface area contributed by atoms with Crippen molar-refractivity contribution in [3.05, 3.63) is 0 Å². The Morgan fingerprint density at radius 1 is 1.23 bits per heavy atom. The quantitative estimate of drug-likeness (QED) is 0.693. The van der Waals surface area contributed by atoms with Crippen LogP contribution in [-0.2, 0) is 0 Å². The van der Waals surface area contributed by atoms with Gasteiger partial charge in [0, 0.05) is 12.0 Å². The van der Waals surface area contributed by atoms with E-state index in [1.807, 2.05) is 6.92 Å². The van der Waals surface area contributed by atoms with Crippen molar-refractivity contribution in [1.29, 1.82) is 0 Å². The molecule has 0 aliphatic carbocycles. The third kappa shape index (κ3) is 2.05. The zero-order valence-electron chi connectivity index (χ0n) is 9.72. The van der Waals surface area contributed by atoms with E-state index >= 15 is 0 Å². The van der Waals surface area contributed by atoms with Crippen molar-refractivity contribution in [2.75, 3.05) is 6.54 Å². The van der Waals surface area contributed by atoms with E-state index in [-0.39, 0.29) is 11.3 Å². The summed E-state index contributed by atoms with van der Waals surface area (Å²) in [4.78, 5) is 0. The Kier molecular flexibility index (Phi) is 4.40. The third-order valence-electron chi connectivity index (χ3n) is 3.77. The van der Waals surface area contributed by atoms with Crippen molar-refractivity contribution < 1.29 is 5.11 Å². The second kappa shape index (κ2) is 4.43. The molecule has 0 heterocycles. The summed E-state index contributed by atoms with van der Waals surface area (Å²) in [6.45, 7) is 10.9. The van der Waals surface area contributed by atoms with Crippen molar-refractivity contribution in [2.24, 2.45) is 17.1 Å². The number of rotatable bonds is 5. The van der Waals surface area contributed by atoms with Crippen molar-refractivity contribution in [1.82, 2.24) is 0 Å². The lowest BCUT2D eigenvalue weighted by molar-refractivity contribution is -0.111. The monoisotopic (exact) mass is 187 g/mol. The fourth-order valence-electron chi connectivity index (χ4n) is 2.16. The summed E-state index contributed by atoms with van der Waals surface area (Å²) in [5.41, 5.74) is 4.97. The third-order valence-corrected chi connectivity index (χ3v) is 3.77. The van der Waals surface area contributed by atoms with E-state index in [2.05, 4.69) is 27.7 Å². The molecular weight excluding hydrogens is 162 g/mol. The topological polar surface area (TPSA) is 46.2 Å². The lowest BCUT2D eigenvalue weighted by Gasteiger charge is -2.46. The minimum atomic E-state index is -0.628. The van der Waals surface area contributed by atoms with Gasteiger partial charge >= 0.3 is 0 Å². The van der Waals surface area contributed by atoms with Gasteiger partial charge in [0.1, 0.15) is 0 Å². The Labute approximate surface area is 82.5 Å². The number of hydrogen-bond donors (Lipinski definition) is 2. The molecule has 0 aromatic heterocycles. The zero-order chi connectivity index (χ0) is 10.7. The summed E-state index contributed by atoms with van der Waals surface area (Å²) in [5, 5.41) is 10.5. The fourth-order valence-corrected chi connectivity index (χ4v) is 2.16. The Morgan fingerprint density at radius 3 is 1.77 bits per heavy atom. The average Bonchev–Trinajstić information content (AvgIpc) is 2.14. The molecule has 13 heavy (non-hydrogen) atoms. The van der Waals surface area contributed by atoms with Gasteiger partial charge in [-0.1, -0.05) is 34.6 Å². The molecule has 0 fully saturated rings. The molecule has 0 radical (unpaired) electrons. The predicted molar refractivity (Wildman–Crippen MR) is 57.5 cm³/mol. The maximum atomic E-state index is 10.5. The summed E-state index contributed by atoms with van der Waals surface area (Å²) in [7, 11) is 0. The number of nitrogens with two attached hydrogens (primary N) is 1. The fraction of sp³-hybridized carbons (Fsp3) is 1.00. The molecule has 2 nitrogen and oxygen atoms in total. The van der Waals surface area contributed by atoms with Gasteiger partial charge in [-0.25, -0.2) is 0 Å². The maximum absolute atomic E-state index is 10.5. The Bertz CT molecular complexity index is 152. The van der Waals surface area contributed by atoms with Crippen LogP contribution in [0.25, 0.3) is 0 Å². The number of hydrogen-bond acceptors (Lipinski definition) is 2. The molecular formula is C11H25NO. The molecule has 0 aliphatic heterocycles. The van der Waals surface area contributed by atoms with E-state index in [0.29, 0.717) is 6.54 Å². The molecule has 0 saturated heterocycles. The van der Waals surface area contributed by atoms with E-state index in [0.717, 1.165) is 12.8 Å². The Morgan fingerprint density at radius 2 is 1.69 bits per heavy atom. The molecule has 0 amide bonds. The number of aliphatic hydroxyl groups is 1. The molecule has 0 bridgehead atoms. The van der Waals surface area contributed by atoms with E-state index in [1.165, 1.54) is 0 Å². The summed E-state index contributed by atoms with van der Waals surface area (Å²) < 4.78 is 0. The van der Waals surface area contributed by atoms with Crippen LogP contribution in [0.3, 0.4) is 0 Å². The van der Waals surface area contributed by atoms with Gasteiger partial charge in [0.15, 0.2) is 0 Å². The first kappa shape index (κ1) is 12.9. The van der Waals surface area contributed by atoms with Crippen LogP contribution >= 0.6 is 0 Å². The van der Waals surface area contributed by atoms with Gasteiger partial charge < -0.3 is 10.8 Å². The van der Waals surface area contributed by atoms with Crippen LogP contribution in [0.5, 0.6) is 0 Å².